The minimum absolute atomic E-state index is 0.266. The van der Waals surface area contributed by atoms with E-state index in [0.29, 0.717) is 22.6 Å². The number of aromatic amines is 1. The SMILES string of the molecule is COc1ccc(OC)c(/C=C/C(=O)O[C@H](C)C(=O)c2c[nH]c3ccccc23)c1. The van der Waals surface area contributed by atoms with Gasteiger partial charge in [0.05, 0.1) is 14.2 Å². The first-order chi connectivity index (χ1) is 13.5. The molecule has 0 spiro atoms. The van der Waals surface area contributed by atoms with Crippen LogP contribution in [-0.2, 0) is 9.53 Å². The first-order valence-electron chi connectivity index (χ1n) is 8.74. The van der Waals surface area contributed by atoms with E-state index in [-0.39, 0.29) is 5.78 Å². The Kier molecular flexibility index (Phi) is 5.79. The Balaban J connectivity index is 1.71. The van der Waals surface area contributed by atoms with E-state index in [9.17, 15) is 9.59 Å². The summed E-state index contributed by atoms with van der Waals surface area (Å²) in [5, 5.41) is 0.798. The molecule has 1 atom stereocenters. The second-order valence-corrected chi connectivity index (χ2v) is 6.13. The van der Waals surface area contributed by atoms with Crippen LogP contribution in [-0.4, -0.2) is 37.1 Å². The summed E-state index contributed by atoms with van der Waals surface area (Å²) in [6, 6.07) is 12.7. The third-order valence-corrected chi connectivity index (χ3v) is 4.35. The lowest BCUT2D eigenvalue weighted by Crippen LogP contribution is -2.23. The van der Waals surface area contributed by atoms with E-state index in [4.69, 9.17) is 14.2 Å². The Morgan fingerprint density at radius 1 is 1.07 bits per heavy atom. The highest BCUT2D eigenvalue weighted by Gasteiger charge is 2.21. The van der Waals surface area contributed by atoms with E-state index in [1.54, 1.807) is 51.6 Å². The molecule has 0 aliphatic carbocycles. The van der Waals surface area contributed by atoms with Crippen molar-refractivity contribution < 1.29 is 23.8 Å². The molecule has 0 bridgehead atoms. The summed E-state index contributed by atoms with van der Waals surface area (Å²) in [5.74, 6) is 0.341. The first kappa shape index (κ1) is 19.2. The lowest BCUT2D eigenvalue weighted by molar-refractivity contribution is -0.140. The van der Waals surface area contributed by atoms with Gasteiger partial charge in [-0.2, -0.15) is 0 Å². The molecule has 2 aromatic carbocycles. The Hall–Kier alpha value is -3.54. The van der Waals surface area contributed by atoms with Gasteiger partial charge < -0.3 is 19.2 Å². The van der Waals surface area contributed by atoms with E-state index in [0.717, 1.165) is 10.9 Å². The lowest BCUT2D eigenvalue weighted by Gasteiger charge is -2.10. The monoisotopic (exact) mass is 379 g/mol. The molecular formula is C22H21NO5. The van der Waals surface area contributed by atoms with Crippen molar-refractivity contribution in [2.75, 3.05) is 14.2 Å². The number of Topliss-reactive ketones (excluding diaryl/α,β-unsaturated/α-hetero) is 1. The van der Waals surface area contributed by atoms with Gasteiger partial charge in [-0.25, -0.2) is 4.79 Å². The van der Waals surface area contributed by atoms with Gasteiger partial charge >= 0.3 is 5.97 Å². The van der Waals surface area contributed by atoms with Gasteiger partial charge in [-0.15, -0.1) is 0 Å². The Bertz CT molecular complexity index is 1030. The highest BCUT2D eigenvalue weighted by molar-refractivity contribution is 6.10. The molecule has 0 radical (unpaired) electrons. The summed E-state index contributed by atoms with van der Waals surface area (Å²) >= 11 is 0. The summed E-state index contributed by atoms with van der Waals surface area (Å²) in [6.45, 7) is 1.56. The van der Waals surface area contributed by atoms with Gasteiger partial charge in [-0.1, -0.05) is 18.2 Å². The third kappa shape index (κ3) is 4.06. The van der Waals surface area contributed by atoms with Gasteiger partial charge in [0.15, 0.2) is 6.10 Å². The minimum atomic E-state index is -0.913. The van der Waals surface area contributed by atoms with Crippen LogP contribution < -0.4 is 9.47 Å². The van der Waals surface area contributed by atoms with Crippen LogP contribution in [0.1, 0.15) is 22.8 Å². The van der Waals surface area contributed by atoms with Crippen molar-refractivity contribution in [3.8, 4) is 11.5 Å². The van der Waals surface area contributed by atoms with Crippen LogP contribution in [0, 0.1) is 0 Å². The van der Waals surface area contributed by atoms with Crippen LogP contribution >= 0.6 is 0 Å². The second-order valence-electron chi connectivity index (χ2n) is 6.13. The quantitative estimate of drug-likeness (QED) is 0.381. The number of H-pyrrole nitrogens is 1. The maximum Gasteiger partial charge on any atom is 0.331 e. The van der Waals surface area contributed by atoms with Crippen LogP contribution in [0.5, 0.6) is 11.5 Å². The van der Waals surface area contributed by atoms with Crippen LogP contribution in [0.2, 0.25) is 0 Å². The van der Waals surface area contributed by atoms with E-state index in [1.165, 1.54) is 6.08 Å². The van der Waals surface area contributed by atoms with Crippen molar-refractivity contribution in [1.29, 1.82) is 0 Å². The molecule has 28 heavy (non-hydrogen) atoms. The number of methoxy groups -OCH3 is 2. The van der Waals surface area contributed by atoms with Crippen molar-refractivity contribution >= 4 is 28.7 Å². The Labute approximate surface area is 162 Å². The second kappa shape index (κ2) is 8.43. The molecule has 0 aliphatic heterocycles. The van der Waals surface area contributed by atoms with Crippen molar-refractivity contribution in [1.82, 2.24) is 4.98 Å². The van der Waals surface area contributed by atoms with Gasteiger partial charge in [0.2, 0.25) is 5.78 Å². The number of hydrogen-bond acceptors (Lipinski definition) is 5. The maximum atomic E-state index is 12.7. The zero-order chi connectivity index (χ0) is 20.1. The van der Waals surface area contributed by atoms with Gasteiger partial charge in [-0.3, -0.25) is 4.79 Å². The first-order valence-corrected chi connectivity index (χ1v) is 8.74. The number of carbonyl (C=O) groups is 2. The van der Waals surface area contributed by atoms with Gasteiger partial charge in [0.25, 0.3) is 0 Å². The molecule has 0 saturated carbocycles. The van der Waals surface area contributed by atoms with Crippen LogP contribution in [0.25, 0.3) is 17.0 Å². The number of fused-ring (bicyclic) bond motifs is 1. The number of rotatable bonds is 7. The van der Waals surface area contributed by atoms with E-state index < -0.39 is 12.1 Å². The molecule has 0 amide bonds. The molecule has 1 aromatic heterocycles. The van der Waals surface area contributed by atoms with Gasteiger partial charge in [0.1, 0.15) is 11.5 Å². The largest absolute Gasteiger partial charge is 0.497 e. The normalized spacial score (nSPS) is 12.1. The van der Waals surface area contributed by atoms with Gasteiger partial charge in [0, 0.05) is 34.3 Å². The molecule has 0 saturated heterocycles. The smallest absolute Gasteiger partial charge is 0.331 e. The number of aromatic nitrogens is 1. The summed E-state index contributed by atoms with van der Waals surface area (Å²) < 4.78 is 15.7. The molecule has 0 aliphatic rings. The van der Waals surface area contributed by atoms with Crippen molar-refractivity contribution in [3.63, 3.8) is 0 Å². The Morgan fingerprint density at radius 3 is 2.61 bits per heavy atom. The molecule has 3 aromatic rings. The molecule has 0 fully saturated rings. The lowest BCUT2D eigenvalue weighted by atomic mass is 10.1. The summed E-state index contributed by atoms with van der Waals surface area (Å²) in [6.07, 6.45) is 3.54. The standard InChI is InChI=1S/C22H21NO5/c1-14(22(25)18-13-23-19-7-5-4-6-17(18)19)28-21(24)11-8-15-12-16(26-2)9-10-20(15)27-3/h4-14,23H,1-3H3/b11-8+/t14-/m1/s1. The molecule has 6 heteroatoms. The number of esters is 1. The van der Waals surface area contributed by atoms with Crippen LogP contribution in [0.4, 0.5) is 0 Å². The van der Waals surface area contributed by atoms with E-state index in [2.05, 4.69) is 4.98 Å². The number of hydrogen-bond donors (Lipinski definition) is 1. The summed E-state index contributed by atoms with van der Waals surface area (Å²) in [4.78, 5) is 27.9. The average molecular weight is 379 g/mol. The fraction of sp³-hybridized carbons (Fsp3) is 0.182. The fourth-order valence-electron chi connectivity index (χ4n) is 2.89. The minimum Gasteiger partial charge on any atom is -0.497 e. The highest BCUT2D eigenvalue weighted by atomic mass is 16.5. The topological polar surface area (TPSA) is 77.6 Å². The average Bonchev–Trinajstić information content (AvgIpc) is 3.15. The number of ketones is 1. The highest BCUT2D eigenvalue weighted by Crippen LogP contribution is 2.25. The zero-order valence-electron chi connectivity index (χ0n) is 15.9. The van der Waals surface area contributed by atoms with Crippen LogP contribution in [0.15, 0.2) is 54.7 Å². The predicted molar refractivity (Wildman–Crippen MR) is 107 cm³/mol. The molecule has 0 unspecified atom stereocenters. The number of benzene rings is 2. The summed E-state index contributed by atoms with van der Waals surface area (Å²) in [7, 11) is 3.10. The number of carbonyl (C=O) groups excluding carboxylic acids is 2. The molecule has 1 N–H and O–H groups in total. The number of ether oxygens (including phenoxy) is 3. The molecule has 3 rings (SSSR count). The van der Waals surface area contributed by atoms with Crippen molar-refractivity contribution in [2.45, 2.75) is 13.0 Å². The Morgan fingerprint density at radius 2 is 1.86 bits per heavy atom. The number of para-hydroxylation sites is 1. The van der Waals surface area contributed by atoms with Crippen LogP contribution in [0.3, 0.4) is 0 Å². The molecule has 144 valence electrons. The van der Waals surface area contributed by atoms with E-state index >= 15 is 0 Å². The van der Waals surface area contributed by atoms with Crippen molar-refractivity contribution in [3.05, 3.63) is 65.9 Å². The molecular weight excluding hydrogens is 358 g/mol. The molecule has 1 heterocycles. The van der Waals surface area contributed by atoms with Gasteiger partial charge in [-0.05, 0) is 37.3 Å². The summed E-state index contributed by atoms with van der Waals surface area (Å²) in [5.41, 5.74) is 2.01. The predicted octanol–water partition coefficient (Wildman–Crippen LogP) is 4.01. The van der Waals surface area contributed by atoms with Crippen molar-refractivity contribution in [2.24, 2.45) is 0 Å². The zero-order valence-corrected chi connectivity index (χ0v) is 15.9. The fourth-order valence-corrected chi connectivity index (χ4v) is 2.89. The maximum absolute atomic E-state index is 12.7. The molecule has 6 nitrogen and oxygen atoms in total. The van der Waals surface area contributed by atoms with E-state index in [1.807, 2.05) is 24.3 Å². The third-order valence-electron chi connectivity index (χ3n) is 4.35. The number of nitrogens with one attached hydrogen (secondary N) is 1.